The number of aliphatic hydroxyl groups excluding tert-OH is 3. The summed E-state index contributed by atoms with van der Waals surface area (Å²) in [6.45, 7) is 0.0895. The predicted molar refractivity (Wildman–Crippen MR) is 75.8 cm³/mol. The number of nitrogens with zero attached hydrogens (tertiary/aromatic N) is 1. The van der Waals surface area contributed by atoms with E-state index in [-0.39, 0.29) is 26.6 Å². The van der Waals surface area contributed by atoms with E-state index in [1.807, 2.05) is 0 Å². The third-order valence-electron chi connectivity index (χ3n) is 2.62. The third-order valence-corrected chi connectivity index (χ3v) is 4.94. The molecular weight excluding hydrogens is 290 g/mol. The molecule has 124 valence electrons. The van der Waals surface area contributed by atoms with Gasteiger partial charge in [-0.1, -0.05) is 0 Å². The van der Waals surface area contributed by atoms with Gasteiger partial charge in [0.1, 0.15) is 0 Å². The summed E-state index contributed by atoms with van der Waals surface area (Å²) < 4.78 is 21.0. The van der Waals surface area contributed by atoms with Gasteiger partial charge < -0.3 is 20.1 Å². The average molecular weight is 317 g/mol. The zero-order valence-corrected chi connectivity index (χ0v) is 13.2. The Hall–Kier alpha value is 0.0300. The molecule has 8 nitrogen and oxygen atoms in total. The molecule has 0 aromatic rings. The smallest absolute Gasteiger partial charge is 0.0975 e. The van der Waals surface area contributed by atoms with E-state index in [0.29, 0.717) is 18.8 Å². The van der Waals surface area contributed by atoms with Crippen molar-refractivity contribution >= 4 is 10.9 Å². The van der Waals surface area contributed by atoms with Crippen molar-refractivity contribution in [3.8, 4) is 0 Å². The predicted octanol–water partition coefficient (Wildman–Crippen LogP) is -0.556. The average Bonchev–Trinajstić information content (AvgIpc) is 2.49. The van der Waals surface area contributed by atoms with Gasteiger partial charge in [0.25, 0.3) is 0 Å². The molecule has 0 aromatic carbocycles. The van der Waals surface area contributed by atoms with E-state index in [0.717, 1.165) is 0 Å². The summed E-state index contributed by atoms with van der Waals surface area (Å²) in [6, 6.07) is 0. The second-order valence-corrected chi connectivity index (χ2v) is 6.50. The molecule has 0 aliphatic heterocycles. The topological polar surface area (TPSA) is 101 Å². The molecule has 0 saturated carbocycles. The van der Waals surface area contributed by atoms with Crippen molar-refractivity contribution in [3.05, 3.63) is 0 Å². The number of rotatable bonds is 13. The lowest BCUT2D eigenvalue weighted by molar-refractivity contribution is -0.0300. The summed E-state index contributed by atoms with van der Waals surface area (Å²) >= 11 is 0. The summed E-state index contributed by atoms with van der Waals surface area (Å²) in [5.74, 6) is 0.575. The van der Waals surface area contributed by atoms with E-state index in [2.05, 4.69) is 0 Å². The second-order valence-electron chi connectivity index (χ2n) is 3.98. The molecule has 20 heavy (non-hydrogen) atoms. The largest absolute Gasteiger partial charge is 0.389 e. The zero-order valence-electron chi connectivity index (χ0n) is 12.4. The Morgan fingerprint density at radius 2 is 1.60 bits per heavy atom. The molecule has 0 heterocycles. The van der Waals surface area contributed by atoms with Gasteiger partial charge >= 0.3 is 0 Å². The minimum Gasteiger partial charge on any atom is -0.389 e. The number of aliphatic hydroxyl groups is 3. The maximum atomic E-state index is 9.62. The van der Waals surface area contributed by atoms with Crippen molar-refractivity contribution in [2.24, 2.45) is 0 Å². The zero-order chi connectivity index (χ0) is 15.4. The summed E-state index contributed by atoms with van der Waals surface area (Å²) in [4.78, 5) is 1.28. The van der Waals surface area contributed by atoms with E-state index in [1.165, 1.54) is 26.2 Å². The minimum absolute atomic E-state index is 0.131. The molecule has 0 saturated heterocycles. The fourth-order valence-electron chi connectivity index (χ4n) is 1.52. The lowest BCUT2D eigenvalue weighted by Crippen LogP contribution is -2.36. The highest BCUT2D eigenvalue weighted by molar-refractivity contribution is 8.21. The van der Waals surface area contributed by atoms with E-state index in [9.17, 15) is 5.11 Å². The van der Waals surface area contributed by atoms with Gasteiger partial charge in [0, 0.05) is 18.9 Å². The van der Waals surface area contributed by atoms with Crippen molar-refractivity contribution in [1.82, 2.24) is 4.90 Å². The molecule has 0 bridgehead atoms. The standard InChI is InChI=1S/C11H27NO7S/c1-16-20(17-2,18-3)6-4-5-19-8-11(15)7-12(9-13)10-14/h11,13-15H,4-10H2,1-3H3. The first kappa shape index (κ1) is 20.0. The van der Waals surface area contributed by atoms with E-state index in [4.69, 9.17) is 27.5 Å². The molecule has 0 radical (unpaired) electrons. The molecule has 1 atom stereocenters. The maximum absolute atomic E-state index is 9.62. The molecule has 0 spiro atoms. The molecule has 0 aromatic heterocycles. The minimum atomic E-state index is -1.95. The summed E-state index contributed by atoms with van der Waals surface area (Å²) in [5.41, 5.74) is 0. The SMILES string of the molecule is COS(CCCOCC(O)CN(CO)CO)(OC)OC. The first-order valence-electron chi connectivity index (χ1n) is 6.25. The van der Waals surface area contributed by atoms with Crippen LogP contribution < -0.4 is 0 Å². The van der Waals surface area contributed by atoms with E-state index >= 15 is 0 Å². The van der Waals surface area contributed by atoms with Crippen LogP contribution in [0.4, 0.5) is 0 Å². The molecule has 0 amide bonds. The normalized spacial score (nSPS) is 14.8. The molecule has 0 aliphatic carbocycles. The number of ether oxygens (including phenoxy) is 1. The van der Waals surface area contributed by atoms with Crippen molar-refractivity contribution in [2.45, 2.75) is 12.5 Å². The summed E-state index contributed by atoms with van der Waals surface area (Å²) in [5, 5.41) is 27.3. The fraction of sp³-hybridized carbons (Fsp3) is 1.00. The lowest BCUT2D eigenvalue weighted by atomic mass is 10.3. The van der Waals surface area contributed by atoms with E-state index in [1.54, 1.807) is 0 Å². The van der Waals surface area contributed by atoms with Crippen LogP contribution in [0.1, 0.15) is 6.42 Å². The number of hydrogen-bond donors (Lipinski definition) is 3. The maximum Gasteiger partial charge on any atom is 0.0975 e. The molecule has 9 heteroatoms. The molecule has 1 unspecified atom stereocenters. The Labute approximate surface area is 122 Å². The van der Waals surface area contributed by atoms with Gasteiger partial charge in [-0.15, -0.1) is 0 Å². The van der Waals surface area contributed by atoms with Crippen molar-refractivity contribution in [2.75, 3.05) is 60.3 Å². The Bertz CT molecular complexity index is 219. The van der Waals surface area contributed by atoms with Gasteiger partial charge in [0.05, 0.1) is 58.4 Å². The molecule has 3 N–H and O–H groups in total. The van der Waals surface area contributed by atoms with Crippen LogP contribution in [0.15, 0.2) is 0 Å². The van der Waals surface area contributed by atoms with Gasteiger partial charge in [-0.05, 0) is 6.42 Å². The fourth-order valence-corrected chi connectivity index (χ4v) is 2.90. The Morgan fingerprint density at radius 1 is 1.05 bits per heavy atom. The van der Waals surface area contributed by atoms with Crippen LogP contribution in [0.2, 0.25) is 0 Å². The molecule has 0 fully saturated rings. The highest BCUT2D eigenvalue weighted by Gasteiger charge is 2.22. The monoisotopic (exact) mass is 317 g/mol. The van der Waals surface area contributed by atoms with Gasteiger partial charge in [0.2, 0.25) is 0 Å². The first-order chi connectivity index (χ1) is 9.57. The number of hydrogen-bond acceptors (Lipinski definition) is 8. The van der Waals surface area contributed by atoms with Crippen molar-refractivity contribution in [1.29, 1.82) is 0 Å². The Balaban J connectivity index is 3.75. The first-order valence-corrected chi connectivity index (χ1v) is 7.82. The van der Waals surface area contributed by atoms with Crippen LogP contribution in [-0.4, -0.2) is 86.6 Å². The van der Waals surface area contributed by atoms with E-state index < -0.39 is 17.0 Å². The second kappa shape index (κ2) is 11.7. The Morgan fingerprint density at radius 3 is 2.05 bits per heavy atom. The van der Waals surface area contributed by atoms with Crippen LogP contribution >= 0.6 is 10.9 Å². The van der Waals surface area contributed by atoms with Crippen LogP contribution in [0.25, 0.3) is 0 Å². The van der Waals surface area contributed by atoms with Gasteiger partial charge in [-0.25, -0.2) is 0 Å². The van der Waals surface area contributed by atoms with Crippen molar-refractivity contribution in [3.63, 3.8) is 0 Å². The van der Waals surface area contributed by atoms with Gasteiger partial charge in [-0.2, -0.15) is 0 Å². The molecular formula is C11H27NO7S. The summed E-state index contributed by atoms with van der Waals surface area (Å²) in [6.07, 6.45) is -0.0972. The molecule has 0 aliphatic rings. The van der Waals surface area contributed by atoms with Crippen LogP contribution in [0.5, 0.6) is 0 Å². The highest BCUT2D eigenvalue weighted by Crippen LogP contribution is 2.49. The van der Waals surface area contributed by atoms with Crippen LogP contribution in [0, 0.1) is 0 Å². The summed E-state index contributed by atoms with van der Waals surface area (Å²) in [7, 11) is 2.64. The highest BCUT2D eigenvalue weighted by atomic mass is 32.3. The Kier molecular flexibility index (Phi) is 11.7. The molecule has 0 rings (SSSR count). The van der Waals surface area contributed by atoms with Crippen LogP contribution in [0.3, 0.4) is 0 Å². The van der Waals surface area contributed by atoms with Crippen molar-refractivity contribution < 1.29 is 32.6 Å². The quantitative estimate of drug-likeness (QED) is 0.307. The van der Waals surface area contributed by atoms with Gasteiger partial charge in [-0.3, -0.25) is 17.4 Å². The lowest BCUT2D eigenvalue weighted by Gasteiger charge is -2.33. The van der Waals surface area contributed by atoms with Gasteiger partial charge in [0.15, 0.2) is 0 Å². The van der Waals surface area contributed by atoms with Crippen LogP contribution in [-0.2, 0) is 17.3 Å². The third kappa shape index (κ3) is 7.72.